The van der Waals surface area contributed by atoms with Crippen LogP contribution in [0, 0.1) is 0 Å². The monoisotopic (exact) mass is 274 g/mol. The van der Waals surface area contributed by atoms with Crippen LogP contribution in [0.1, 0.15) is 12.8 Å². The molecule has 0 unspecified atom stereocenters. The molecule has 2 aromatic rings. The largest absolute Gasteiger partial charge is 0.348 e. The van der Waals surface area contributed by atoms with E-state index in [1.807, 2.05) is 11.3 Å². The Kier molecular flexibility index (Phi) is 2.72. The minimum atomic E-state index is 0.340. The number of nitrogens with one attached hydrogen (secondary N) is 2. The maximum Gasteiger partial charge on any atom is 0.186 e. The quantitative estimate of drug-likeness (QED) is 0.832. The molecule has 1 spiro atoms. The van der Waals surface area contributed by atoms with E-state index >= 15 is 0 Å². The van der Waals surface area contributed by atoms with Gasteiger partial charge in [0.15, 0.2) is 5.13 Å². The van der Waals surface area contributed by atoms with Gasteiger partial charge in [0.2, 0.25) is 0 Å². The van der Waals surface area contributed by atoms with Gasteiger partial charge in [-0.1, -0.05) is 23.5 Å². The molecule has 5 heteroatoms. The molecule has 19 heavy (non-hydrogen) atoms. The van der Waals surface area contributed by atoms with Crippen molar-refractivity contribution in [3.05, 3.63) is 24.3 Å². The Labute approximate surface area is 116 Å². The number of hydrogen-bond donors (Lipinski definition) is 2. The Bertz CT molecular complexity index is 545. The van der Waals surface area contributed by atoms with Crippen LogP contribution in [-0.4, -0.2) is 36.8 Å². The van der Waals surface area contributed by atoms with E-state index in [4.69, 9.17) is 4.98 Å². The number of piperidine rings is 1. The highest BCUT2D eigenvalue weighted by Crippen LogP contribution is 2.32. The second-order valence-electron chi connectivity index (χ2n) is 5.51. The normalized spacial score (nSPS) is 22.4. The van der Waals surface area contributed by atoms with Crippen molar-refractivity contribution in [1.29, 1.82) is 0 Å². The highest BCUT2D eigenvalue weighted by molar-refractivity contribution is 7.22. The summed E-state index contributed by atoms with van der Waals surface area (Å²) in [5.74, 6) is 0. The van der Waals surface area contributed by atoms with Crippen molar-refractivity contribution in [1.82, 2.24) is 15.6 Å². The summed E-state index contributed by atoms with van der Waals surface area (Å²) in [5.41, 5.74) is 1.47. The van der Waals surface area contributed by atoms with Gasteiger partial charge in [-0.2, -0.15) is 0 Å². The van der Waals surface area contributed by atoms with Crippen molar-refractivity contribution < 1.29 is 0 Å². The van der Waals surface area contributed by atoms with Crippen molar-refractivity contribution in [2.45, 2.75) is 18.4 Å². The first-order valence-electron chi connectivity index (χ1n) is 6.91. The predicted octanol–water partition coefficient (Wildman–Crippen LogP) is 1.79. The standard InChI is InChI=1S/C14H18N4S/c1-2-4-12-11(3-1)17-13(19-12)18-7-5-14(6-8-18)9-15-10-16-14/h1-4,15-16H,5-10H2. The van der Waals surface area contributed by atoms with Gasteiger partial charge in [-0.25, -0.2) is 4.98 Å². The number of fused-ring (bicyclic) bond motifs is 1. The Morgan fingerprint density at radius 2 is 2.05 bits per heavy atom. The molecule has 3 heterocycles. The first-order valence-corrected chi connectivity index (χ1v) is 7.73. The molecule has 1 aromatic heterocycles. The van der Waals surface area contributed by atoms with Crippen LogP contribution in [0.25, 0.3) is 10.2 Å². The molecule has 2 aliphatic rings. The van der Waals surface area contributed by atoms with Crippen LogP contribution in [0.4, 0.5) is 5.13 Å². The fraction of sp³-hybridized carbons (Fsp3) is 0.500. The summed E-state index contributed by atoms with van der Waals surface area (Å²) in [4.78, 5) is 7.20. The minimum Gasteiger partial charge on any atom is -0.348 e. The van der Waals surface area contributed by atoms with Crippen LogP contribution in [0.3, 0.4) is 0 Å². The zero-order chi connectivity index (χ0) is 12.7. The topological polar surface area (TPSA) is 40.2 Å². The van der Waals surface area contributed by atoms with Gasteiger partial charge in [-0.15, -0.1) is 0 Å². The number of para-hydroxylation sites is 1. The number of aromatic nitrogens is 1. The van der Waals surface area contributed by atoms with Crippen LogP contribution < -0.4 is 15.5 Å². The molecule has 4 nitrogen and oxygen atoms in total. The highest BCUT2D eigenvalue weighted by Gasteiger charge is 2.37. The van der Waals surface area contributed by atoms with Crippen LogP contribution in [0.5, 0.6) is 0 Å². The molecule has 1 aromatic carbocycles. The number of thiazole rings is 1. The number of anilines is 1. The lowest BCUT2D eigenvalue weighted by Crippen LogP contribution is -2.52. The maximum absolute atomic E-state index is 4.76. The lowest BCUT2D eigenvalue weighted by atomic mass is 9.89. The van der Waals surface area contributed by atoms with Crippen molar-refractivity contribution in [2.75, 3.05) is 31.2 Å². The van der Waals surface area contributed by atoms with Gasteiger partial charge in [-0.05, 0) is 25.0 Å². The van der Waals surface area contributed by atoms with Gasteiger partial charge in [0.25, 0.3) is 0 Å². The second kappa shape index (κ2) is 4.44. The summed E-state index contributed by atoms with van der Waals surface area (Å²) in [7, 11) is 0. The average molecular weight is 274 g/mol. The number of hydrogen-bond acceptors (Lipinski definition) is 5. The summed E-state index contributed by atoms with van der Waals surface area (Å²) in [6.07, 6.45) is 2.41. The van der Waals surface area contributed by atoms with Crippen molar-refractivity contribution in [3.8, 4) is 0 Å². The van der Waals surface area contributed by atoms with E-state index in [-0.39, 0.29) is 0 Å². The third kappa shape index (κ3) is 2.02. The first kappa shape index (κ1) is 11.6. The minimum absolute atomic E-state index is 0.340. The fourth-order valence-electron chi connectivity index (χ4n) is 3.09. The zero-order valence-corrected chi connectivity index (χ0v) is 11.7. The Hall–Kier alpha value is -1.17. The van der Waals surface area contributed by atoms with E-state index in [2.05, 4.69) is 39.8 Å². The Morgan fingerprint density at radius 1 is 1.21 bits per heavy atom. The molecule has 2 aliphatic heterocycles. The Morgan fingerprint density at radius 3 is 2.79 bits per heavy atom. The smallest absolute Gasteiger partial charge is 0.186 e. The molecule has 2 saturated heterocycles. The van der Waals surface area contributed by atoms with Gasteiger partial charge in [-0.3, -0.25) is 5.32 Å². The van der Waals surface area contributed by atoms with Gasteiger partial charge >= 0.3 is 0 Å². The lowest BCUT2D eigenvalue weighted by Gasteiger charge is -2.38. The summed E-state index contributed by atoms with van der Waals surface area (Å²) in [6.45, 7) is 4.28. The van der Waals surface area contributed by atoms with E-state index in [0.717, 1.165) is 31.8 Å². The molecule has 0 atom stereocenters. The average Bonchev–Trinajstić information content (AvgIpc) is 3.06. The number of nitrogens with zero attached hydrogens (tertiary/aromatic N) is 2. The third-order valence-corrected chi connectivity index (χ3v) is 5.42. The maximum atomic E-state index is 4.76. The van der Waals surface area contributed by atoms with Crippen LogP contribution in [0.15, 0.2) is 24.3 Å². The summed E-state index contributed by atoms with van der Waals surface area (Å²) in [5, 5.41) is 8.21. The fourth-order valence-corrected chi connectivity index (χ4v) is 4.11. The van der Waals surface area contributed by atoms with Crippen LogP contribution in [-0.2, 0) is 0 Å². The van der Waals surface area contributed by atoms with Crippen molar-refractivity contribution in [3.63, 3.8) is 0 Å². The lowest BCUT2D eigenvalue weighted by molar-refractivity contribution is 0.314. The molecule has 0 amide bonds. The summed E-state index contributed by atoms with van der Waals surface area (Å²) < 4.78 is 1.29. The van der Waals surface area contributed by atoms with Gasteiger partial charge in [0.05, 0.1) is 10.2 Å². The molecule has 4 rings (SSSR count). The molecular formula is C14H18N4S. The highest BCUT2D eigenvalue weighted by atomic mass is 32.1. The molecule has 0 saturated carbocycles. The Balaban J connectivity index is 1.54. The molecule has 2 fully saturated rings. The van der Waals surface area contributed by atoms with Crippen molar-refractivity contribution in [2.24, 2.45) is 0 Å². The molecular weight excluding hydrogens is 256 g/mol. The van der Waals surface area contributed by atoms with Gasteiger partial charge in [0.1, 0.15) is 0 Å². The zero-order valence-electron chi connectivity index (χ0n) is 10.9. The molecule has 0 bridgehead atoms. The molecule has 0 aliphatic carbocycles. The predicted molar refractivity (Wildman–Crippen MR) is 79.8 cm³/mol. The van der Waals surface area contributed by atoms with E-state index in [1.165, 1.54) is 22.7 Å². The van der Waals surface area contributed by atoms with Crippen LogP contribution in [0.2, 0.25) is 0 Å². The molecule has 100 valence electrons. The van der Waals surface area contributed by atoms with Crippen LogP contribution >= 0.6 is 11.3 Å². The van der Waals surface area contributed by atoms with Gasteiger partial charge in [0, 0.05) is 31.8 Å². The van der Waals surface area contributed by atoms with E-state index < -0.39 is 0 Å². The molecule has 0 radical (unpaired) electrons. The van der Waals surface area contributed by atoms with E-state index in [1.54, 1.807) is 0 Å². The van der Waals surface area contributed by atoms with Crippen molar-refractivity contribution >= 4 is 26.7 Å². The second-order valence-corrected chi connectivity index (χ2v) is 6.52. The number of rotatable bonds is 1. The summed E-state index contributed by atoms with van der Waals surface area (Å²) >= 11 is 1.81. The third-order valence-electron chi connectivity index (χ3n) is 4.33. The van der Waals surface area contributed by atoms with E-state index in [0.29, 0.717) is 5.54 Å². The van der Waals surface area contributed by atoms with Gasteiger partial charge < -0.3 is 10.2 Å². The summed E-state index contributed by atoms with van der Waals surface area (Å²) in [6, 6.07) is 8.41. The number of benzene rings is 1. The SMILES string of the molecule is c1ccc2sc(N3CCC4(CC3)CNCN4)nc2c1. The molecule has 2 N–H and O–H groups in total. The first-order chi connectivity index (χ1) is 9.35. The van der Waals surface area contributed by atoms with E-state index in [9.17, 15) is 0 Å².